The third kappa shape index (κ3) is 3.69. The fraction of sp³-hybridized carbons (Fsp3) is 0.0714. The number of benzene rings is 2. The number of ketones is 1. The predicted octanol–water partition coefficient (Wildman–Crippen LogP) is 4.39. The zero-order valence-corrected chi connectivity index (χ0v) is 11.2. The van der Waals surface area contributed by atoms with Gasteiger partial charge in [-0.15, -0.1) is 0 Å². The maximum absolute atomic E-state index is 13.2. The monoisotopic (exact) mass is 298 g/mol. The van der Waals surface area contributed by atoms with Crippen LogP contribution in [0.3, 0.4) is 0 Å². The van der Waals surface area contributed by atoms with Gasteiger partial charge in [0.2, 0.25) is 0 Å². The lowest BCUT2D eigenvalue weighted by Crippen LogP contribution is -2.11. The van der Waals surface area contributed by atoms with E-state index in [1.54, 1.807) is 24.3 Å². The Morgan fingerprint density at radius 3 is 2.42 bits per heavy atom. The van der Waals surface area contributed by atoms with Crippen molar-refractivity contribution in [2.45, 2.75) is 0 Å². The highest BCUT2D eigenvalue weighted by Gasteiger charge is 2.08. The summed E-state index contributed by atoms with van der Waals surface area (Å²) in [4.78, 5) is 11.8. The van der Waals surface area contributed by atoms with Crippen LogP contribution in [0, 0.1) is 5.82 Å². The van der Waals surface area contributed by atoms with Crippen LogP contribution in [-0.2, 0) is 0 Å². The Labute approximate surface area is 119 Å². The second-order valence-electron chi connectivity index (χ2n) is 3.79. The molecule has 5 heteroatoms. The van der Waals surface area contributed by atoms with E-state index < -0.39 is 5.82 Å². The van der Waals surface area contributed by atoms with E-state index in [4.69, 9.17) is 27.9 Å². The Bertz CT molecular complexity index is 597. The molecule has 0 spiro atoms. The minimum absolute atomic E-state index is 0.0105. The van der Waals surface area contributed by atoms with Gasteiger partial charge in [-0.3, -0.25) is 4.79 Å². The van der Waals surface area contributed by atoms with Crippen molar-refractivity contribution in [2.24, 2.45) is 0 Å². The van der Waals surface area contributed by atoms with E-state index >= 15 is 0 Å². The number of halogens is 3. The minimum Gasteiger partial charge on any atom is -0.485 e. The molecule has 0 bridgehead atoms. The van der Waals surface area contributed by atoms with Crippen LogP contribution in [0.1, 0.15) is 10.4 Å². The van der Waals surface area contributed by atoms with Gasteiger partial charge in [0.25, 0.3) is 0 Å². The molecule has 0 aromatic heterocycles. The van der Waals surface area contributed by atoms with Gasteiger partial charge in [0.05, 0.1) is 5.02 Å². The third-order valence-electron chi connectivity index (χ3n) is 2.43. The molecule has 19 heavy (non-hydrogen) atoms. The van der Waals surface area contributed by atoms with Crippen molar-refractivity contribution in [2.75, 3.05) is 6.61 Å². The number of carbonyl (C=O) groups is 1. The standard InChI is InChI=1S/C14H9Cl2FO2/c15-10-3-1-9(2-4-10)14(18)8-19-11-5-6-12(16)13(17)7-11/h1-7H,8H2. The Hall–Kier alpha value is -1.58. The zero-order chi connectivity index (χ0) is 13.8. The molecule has 0 aliphatic heterocycles. The number of carbonyl (C=O) groups excluding carboxylic acids is 1. The van der Waals surface area contributed by atoms with Crippen LogP contribution in [0.25, 0.3) is 0 Å². The van der Waals surface area contributed by atoms with Gasteiger partial charge in [-0.2, -0.15) is 0 Å². The zero-order valence-electron chi connectivity index (χ0n) is 9.70. The van der Waals surface area contributed by atoms with Crippen LogP contribution in [0.2, 0.25) is 10.0 Å². The van der Waals surface area contributed by atoms with Gasteiger partial charge in [-0.1, -0.05) is 23.2 Å². The average molecular weight is 299 g/mol. The molecule has 0 atom stereocenters. The van der Waals surface area contributed by atoms with E-state index in [1.807, 2.05) is 0 Å². The highest BCUT2D eigenvalue weighted by molar-refractivity contribution is 6.31. The van der Waals surface area contributed by atoms with Gasteiger partial charge >= 0.3 is 0 Å². The molecule has 0 radical (unpaired) electrons. The van der Waals surface area contributed by atoms with Crippen molar-refractivity contribution < 1.29 is 13.9 Å². The number of rotatable bonds is 4. The van der Waals surface area contributed by atoms with Gasteiger partial charge in [-0.25, -0.2) is 4.39 Å². The first kappa shape index (κ1) is 13.8. The number of hydrogen-bond acceptors (Lipinski definition) is 2. The average Bonchev–Trinajstić information content (AvgIpc) is 2.40. The topological polar surface area (TPSA) is 26.3 Å². The molecule has 0 N–H and O–H groups in total. The van der Waals surface area contributed by atoms with E-state index in [2.05, 4.69) is 0 Å². The second-order valence-corrected chi connectivity index (χ2v) is 4.64. The molecule has 2 aromatic rings. The largest absolute Gasteiger partial charge is 0.485 e. The summed E-state index contributed by atoms with van der Waals surface area (Å²) >= 11 is 11.3. The lowest BCUT2D eigenvalue weighted by molar-refractivity contribution is 0.0921. The van der Waals surface area contributed by atoms with Crippen molar-refractivity contribution in [3.63, 3.8) is 0 Å². The molecule has 2 nitrogen and oxygen atoms in total. The summed E-state index contributed by atoms with van der Waals surface area (Å²) in [5.41, 5.74) is 0.485. The molecule has 2 aromatic carbocycles. The summed E-state index contributed by atoms with van der Waals surface area (Å²) in [5.74, 6) is -0.547. The van der Waals surface area contributed by atoms with Crippen molar-refractivity contribution in [3.8, 4) is 5.75 Å². The minimum atomic E-state index is -0.585. The number of ether oxygens (including phenoxy) is 1. The van der Waals surface area contributed by atoms with E-state index in [0.29, 0.717) is 10.6 Å². The van der Waals surface area contributed by atoms with Crippen LogP contribution in [0.5, 0.6) is 5.75 Å². The molecule has 0 heterocycles. The molecule has 2 rings (SSSR count). The van der Waals surface area contributed by atoms with E-state index in [0.717, 1.165) is 6.07 Å². The number of hydrogen-bond donors (Lipinski definition) is 0. The maximum atomic E-state index is 13.2. The summed E-state index contributed by atoms with van der Waals surface area (Å²) in [7, 11) is 0. The summed E-state index contributed by atoms with van der Waals surface area (Å²) in [6.07, 6.45) is 0. The van der Waals surface area contributed by atoms with Crippen molar-refractivity contribution in [1.29, 1.82) is 0 Å². The molecule has 0 saturated heterocycles. The fourth-order valence-corrected chi connectivity index (χ4v) is 1.68. The van der Waals surface area contributed by atoms with Gasteiger partial charge < -0.3 is 4.74 Å². The predicted molar refractivity (Wildman–Crippen MR) is 72.7 cm³/mol. The Morgan fingerprint density at radius 2 is 1.79 bits per heavy atom. The van der Waals surface area contributed by atoms with E-state index in [-0.39, 0.29) is 23.2 Å². The van der Waals surface area contributed by atoms with Gasteiger partial charge in [-0.05, 0) is 36.4 Å². The summed E-state index contributed by atoms with van der Waals surface area (Å²) in [6, 6.07) is 10.5. The summed E-state index contributed by atoms with van der Waals surface area (Å²) in [5, 5.41) is 0.564. The van der Waals surface area contributed by atoms with Gasteiger partial charge in [0, 0.05) is 16.7 Å². The highest BCUT2D eigenvalue weighted by atomic mass is 35.5. The first-order valence-electron chi connectivity index (χ1n) is 5.43. The highest BCUT2D eigenvalue weighted by Crippen LogP contribution is 2.20. The maximum Gasteiger partial charge on any atom is 0.200 e. The molecule has 0 fully saturated rings. The Balaban J connectivity index is 2.00. The molecule has 0 unspecified atom stereocenters. The second kappa shape index (κ2) is 6.04. The molecular weight excluding hydrogens is 290 g/mol. The summed E-state index contributed by atoms with van der Waals surface area (Å²) in [6.45, 7) is -0.178. The quantitative estimate of drug-likeness (QED) is 0.782. The molecule has 0 aliphatic carbocycles. The lowest BCUT2D eigenvalue weighted by atomic mass is 10.1. The Morgan fingerprint density at radius 1 is 1.11 bits per heavy atom. The lowest BCUT2D eigenvalue weighted by Gasteiger charge is -2.06. The van der Waals surface area contributed by atoms with Crippen LogP contribution in [0.15, 0.2) is 42.5 Å². The van der Waals surface area contributed by atoms with Crippen molar-refractivity contribution >= 4 is 29.0 Å². The van der Waals surface area contributed by atoms with E-state index in [1.165, 1.54) is 12.1 Å². The Kier molecular flexibility index (Phi) is 4.40. The summed E-state index contributed by atoms with van der Waals surface area (Å²) < 4.78 is 18.4. The molecule has 0 saturated carbocycles. The van der Waals surface area contributed by atoms with Crippen molar-refractivity contribution in [3.05, 3.63) is 63.9 Å². The van der Waals surface area contributed by atoms with Crippen molar-refractivity contribution in [1.82, 2.24) is 0 Å². The third-order valence-corrected chi connectivity index (χ3v) is 2.99. The molecule has 0 aliphatic rings. The van der Waals surface area contributed by atoms with Crippen LogP contribution >= 0.6 is 23.2 Å². The van der Waals surface area contributed by atoms with Crippen LogP contribution in [0.4, 0.5) is 4.39 Å². The van der Waals surface area contributed by atoms with Gasteiger partial charge in [0.1, 0.15) is 11.6 Å². The molecule has 0 amide bonds. The first-order chi connectivity index (χ1) is 9.06. The SMILES string of the molecule is O=C(COc1ccc(Cl)c(F)c1)c1ccc(Cl)cc1. The molecule has 98 valence electrons. The smallest absolute Gasteiger partial charge is 0.200 e. The van der Waals surface area contributed by atoms with Gasteiger partial charge in [0.15, 0.2) is 12.4 Å². The first-order valence-corrected chi connectivity index (χ1v) is 6.18. The fourth-order valence-electron chi connectivity index (χ4n) is 1.43. The van der Waals surface area contributed by atoms with Crippen LogP contribution in [-0.4, -0.2) is 12.4 Å². The molecular formula is C14H9Cl2FO2. The van der Waals surface area contributed by atoms with Crippen LogP contribution < -0.4 is 4.74 Å². The normalized spacial score (nSPS) is 10.3. The number of Topliss-reactive ketones (excluding diaryl/α,β-unsaturated/α-hetero) is 1. The van der Waals surface area contributed by atoms with E-state index in [9.17, 15) is 9.18 Å².